The molecular formula is C22H19N3O4S. The molecule has 0 spiro atoms. The minimum Gasteiger partial charge on any atom is -0.472 e. The predicted octanol–water partition coefficient (Wildman–Crippen LogP) is 3.54. The Morgan fingerprint density at radius 1 is 1.17 bits per heavy atom. The van der Waals surface area contributed by atoms with Gasteiger partial charge < -0.3 is 9.73 Å². The van der Waals surface area contributed by atoms with Crippen LogP contribution in [0.3, 0.4) is 0 Å². The molecule has 0 saturated heterocycles. The van der Waals surface area contributed by atoms with Crippen molar-refractivity contribution in [2.75, 3.05) is 5.32 Å². The number of fused-ring (bicyclic) bond motifs is 2. The molecule has 2 atom stereocenters. The number of hydrogen-bond donors (Lipinski definition) is 2. The number of carbonyl (C=O) groups is 3. The van der Waals surface area contributed by atoms with E-state index in [4.69, 9.17) is 4.42 Å². The maximum absolute atomic E-state index is 12.9. The van der Waals surface area contributed by atoms with Crippen LogP contribution in [-0.2, 0) is 17.6 Å². The molecule has 2 N–H and O–H groups in total. The average molecular weight is 421 g/mol. The highest BCUT2D eigenvalue weighted by Crippen LogP contribution is 2.34. The number of hydrogen-bond acceptors (Lipinski definition) is 6. The third-order valence-electron chi connectivity index (χ3n) is 5.65. The molecule has 0 bridgehead atoms. The molecule has 152 valence electrons. The van der Waals surface area contributed by atoms with E-state index in [1.165, 1.54) is 18.1 Å². The first-order chi connectivity index (χ1) is 14.6. The van der Waals surface area contributed by atoms with Crippen LogP contribution in [0.4, 0.5) is 5.13 Å². The second kappa shape index (κ2) is 7.53. The molecule has 2 aliphatic carbocycles. The van der Waals surface area contributed by atoms with Gasteiger partial charge in [-0.3, -0.25) is 19.7 Å². The Bertz CT molecular complexity index is 1140. The Morgan fingerprint density at radius 3 is 2.87 bits per heavy atom. The van der Waals surface area contributed by atoms with E-state index in [0.717, 1.165) is 29.7 Å². The molecule has 2 aromatic heterocycles. The van der Waals surface area contributed by atoms with Crippen LogP contribution in [0, 0.1) is 5.92 Å². The fourth-order valence-corrected chi connectivity index (χ4v) is 5.07. The summed E-state index contributed by atoms with van der Waals surface area (Å²) >= 11 is 1.15. The lowest BCUT2D eigenvalue weighted by atomic mass is 9.89. The van der Waals surface area contributed by atoms with Gasteiger partial charge in [-0.25, -0.2) is 4.98 Å². The molecular weight excluding hydrogens is 402 g/mol. The number of aryl methyl sites for hydroxylation is 1. The molecule has 30 heavy (non-hydrogen) atoms. The van der Waals surface area contributed by atoms with E-state index in [1.807, 2.05) is 18.2 Å². The maximum Gasteiger partial charge on any atom is 0.260 e. The minimum absolute atomic E-state index is 0.00885. The van der Waals surface area contributed by atoms with Gasteiger partial charge in [0.05, 0.1) is 34.4 Å². The van der Waals surface area contributed by atoms with E-state index in [9.17, 15) is 14.4 Å². The summed E-state index contributed by atoms with van der Waals surface area (Å²) in [5, 5.41) is 6.16. The molecule has 0 aliphatic heterocycles. The number of amides is 2. The lowest BCUT2D eigenvalue weighted by Crippen LogP contribution is -2.37. The highest BCUT2D eigenvalue weighted by molar-refractivity contribution is 7.17. The smallest absolute Gasteiger partial charge is 0.260 e. The largest absolute Gasteiger partial charge is 0.472 e. The third-order valence-corrected chi connectivity index (χ3v) is 6.70. The third kappa shape index (κ3) is 3.43. The van der Waals surface area contributed by atoms with Gasteiger partial charge in [0.1, 0.15) is 6.26 Å². The van der Waals surface area contributed by atoms with Gasteiger partial charge in [-0.1, -0.05) is 35.6 Å². The predicted molar refractivity (Wildman–Crippen MR) is 111 cm³/mol. The summed E-state index contributed by atoms with van der Waals surface area (Å²) in [6.45, 7) is 0. The van der Waals surface area contributed by atoms with Crippen molar-refractivity contribution in [3.63, 3.8) is 0 Å². The molecule has 0 saturated carbocycles. The molecule has 1 aromatic carbocycles. The molecule has 2 unspecified atom stereocenters. The molecule has 2 amide bonds. The van der Waals surface area contributed by atoms with Gasteiger partial charge >= 0.3 is 0 Å². The first kappa shape index (κ1) is 18.7. The summed E-state index contributed by atoms with van der Waals surface area (Å²) in [5.41, 5.74) is 3.38. The van der Waals surface area contributed by atoms with Gasteiger partial charge in [0.25, 0.3) is 5.91 Å². The van der Waals surface area contributed by atoms with Crippen molar-refractivity contribution in [2.24, 2.45) is 5.92 Å². The van der Waals surface area contributed by atoms with E-state index < -0.39 is 5.92 Å². The average Bonchev–Trinajstić information content (AvgIpc) is 3.48. The number of anilines is 1. The molecule has 5 rings (SSSR count). The van der Waals surface area contributed by atoms with Crippen LogP contribution in [0.1, 0.15) is 55.7 Å². The van der Waals surface area contributed by atoms with E-state index in [-0.39, 0.29) is 30.1 Å². The van der Waals surface area contributed by atoms with Crippen LogP contribution in [0.5, 0.6) is 0 Å². The summed E-state index contributed by atoms with van der Waals surface area (Å²) in [6, 6.07) is 9.67. The van der Waals surface area contributed by atoms with Crippen molar-refractivity contribution in [1.82, 2.24) is 10.3 Å². The van der Waals surface area contributed by atoms with Gasteiger partial charge in [-0.05, 0) is 30.0 Å². The number of furan rings is 1. The Hall–Kier alpha value is -3.26. The molecule has 2 aliphatic rings. The highest BCUT2D eigenvalue weighted by Gasteiger charge is 2.35. The summed E-state index contributed by atoms with van der Waals surface area (Å²) in [4.78, 5) is 42.6. The SMILES string of the molecule is O=C(Nc1nc2c(s1)C(=O)CC(C(=O)NC1CCc3ccccc31)C2)c1ccoc1. The fourth-order valence-electron chi connectivity index (χ4n) is 4.13. The Morgan fingerprint density at radius 2 is 2.03 bits per heavy atom. The first-order valence-corrected chi connectivity index (χ1v) is 10.6. The van der Waals surface area contributed by atoms with Crippen LogP contribution >= 0.6 is 11.3 Å². The van der Waals surface area contributed by atoms with Crippen molar-refractivity contribution in [3.8, 4) is 0 Å². The Labute approximate surface area is 176 Å². The normalized spacial score (nSPS) is 19.8. The van der Waals surface area contributed by atoms with Crippen LogP contribution in [0.25, 0.3) is 0 Å². The lowest BCUT2D eigenvalue weighted by Gasteiger charge is -2.22. The van der Waals surface area contributed by atoms with Crippen molar-refractivity contribution in [1.29, 1.82) is 0 Å². The van der Waals surface area contributed by atoms with Crippen LogP contribution in [0.15, 0.2) is 47.3 Å². The summed E-state index contributed by atoms with van der Waals surface area (Å²) in [7, 11) is 0. The van der Waals surface area contributed by atoms with Crippen molar-refractivity contribution >= 4 is 34.1 Å². The van der Waals surface area contributed by atoms with Gasteiger partial charge in [-0.15, -0.1) is 0 Å². The van der Waals surface area contributed by atoms with Gasteiger partial charge in [0, 0.05) is 12.8 Å². The van der Waals surface area contributed by atoms with Crippen molar-refractivity contribution in [2.45, 2.75) is 31.7 Å². The van der Waals surface area contributed by atoms with Crippen molar-refractivity contribution < 1.29 is 18.8 Å². The van der Waals surface area contributed by atoms with Crippen LogP contribution in [-0.4, -0.2) is 22.6 Å². The van der Waals surface area contributed by atoms with Gasteiger partial charge in [0.2, 0.25) is 5.91 Å². The molecule has 0 fully saturated rings. The first-order valence-electron chi connectivity index (χ1n) is 9.83. The number of rotatable bonds is 4. The second-order valence-corrected chi connectivity index (χ2v) is 8.59. The lowest BCUT2D eigenvalue weighted by molar-refractivity contribution is -0.125. The van der Waals surface area contributed by atoms with E-state index in [1.54, 1.807) is 6.07 Å². The monoisotopic (exact) mass is 421 g/mol. The zero-order valence-electron chi connectivity index (χ0n) is 16.0. The molecule has 3 aromatic rings. The van der Waals surface area contributed by atoms with Crippen LogP contribution < -0.4 is 10.6 Å². The van der Waals surface area contributed by atoms with E-state index >= 15 is 0 Å². The van der Waals surface area contributed by atoms with Crippen LogP contribution in [0.2, 0.25) is 0 Å². The minimum atomic E-state index is -0.447. The number of carbonyl (C=O) groups excluding carboxylic acids is 3. The summed E-state index contributed by atoms with van der Waals surface area (Å²) < 4.78 is 4.91. The topological polar surface area (TPSA) is 101 Å². The maximum atomic E-state index is 12.9. The summed E-state index contributed by atoms with van der Waals surface area (Å²) in [6.07, 6.45) is 5.12. The number of nitrogens with one attached hydrogen (secondary N) is 2. The highest BCUT2D eigenvalue weighted by atomic mass is 32.1. The Kier molecular flexibility index (Phi) is 4.71. The number of ketones is 1. The van der Waals surface area contributed by atoms with Gasteiger partial charge in [-0.2, -0.15) is 0 Å². The molecule has 8 heteroatoms. The van der Waals surface area contributed by atoms with Gasteiger partial charge in [0.15, 0.2) is 10.9 Å². The fraction of sp³-hybridized carbons (Fsp3) is 0.273. The van der Waals surface area contributed by atoms with E-state index in [0.29, 0.717) is 27.7 Å². The van der Waals surface area contributed by atoms with E-state index in [2.05, 4.69) is 21.7 Å². The zero-order valence-corrected chi connectivity index (χ0v) is 16.8. The molecule has 2 heterocycles. The molecule has 7 nitrogen and oxygen atoms in total. The zero-order chi connectivity index (χ0) is 20.7. The van der Waals surface area contributed by atoms with Crippen molar-refractivity contribution in [3.05, 3.63) is 70.1 Å². The standard InChI is InChI=1S/C22H19N3O4S/c26-18-10-14(21(28)23-16-6-5-12-3-1-2-4-15(12)16)9-17-19(18)30-22(24-17)25-20(27)13-7-8-29-11-13/h1-4,7-8,11,14,16H,5-6,9-10H2,(H,23,28)(H,24,25,27). The number of thiazole rings is 1. The number of aromatic nitrogens is 1. The summed E-state index contributed by atoms with van der Waals surface area (Å²) in [5.74, 6) is -1.02. The molecule has 0 radical (unpaired) electrons. The Balaban J connectivity index is 1.28. The number of benzene rings is 1. The quantitative estimate of drug-likeness (QED) is 0.671. The second-order valence-electron chi connectivity index (χ2n) is 7.59. The number of nitrogens with zero attached hydrogens (tertiary/aromatic N) is 1. The number of Topliss-reactive ketones (excluding diaryl/α,β-unsaturated/α-hetero) is 1.